The van der Waals surface area contributed by atoms with E-state index in [1.807, 2.05) is 6.07 Å². The van der Waals surface area contributed by atoms with Gasteiger partial charge in [0.1, 0.15) is 0 Å². The lowest BCUT2D eigenvalue weighted by Crippen LogP contribution is -2.52. The lowest BCUT2D eigenvalue weighted by Gasteiger charge is -2.35. The monoisotopic (exact) mass is 347 g/mol. The summed E-state index contributed by atoms with van der Waals surface area (Å²) < 4.78 is 5.66. The Labute approximate surface area is 143 Å². The molecule has 8 heteroatoms. The molecule has 1 amide bonds. The Morgan fingerprint density at radius 2 is 2.08 bits per heavy atom. The number of pyridine rings is 1. The molecular weight excluding hydrogens is 334 g/mol. The number of nitro groups is 1. The predicted molar refractivity (Wildman–Crippen MR) is 88.2 cm³/mol. The first-order chi connectivity index (χ1) is 11.3. The fourth-order valence-electron chi connectivity index (χ4n) is 2.50. The average molecular weight is 348 g/mol. The number of ether oxygens (including phenoxy) is 1. The number of carbonyl (C=O) groups is 1. The van der Waals surface area contributed by atoms with Crippen LogP contribution in [0.2, 0.25) is 5.02 Å². The largest absolute Gasteiger partial charge is 0.472 e. The van der Waals surface area contributed by atoms with E-state index in [9.17, 15) is 14.9 Å². The number of aromatic nitrogens is 1. The van der Waals surface area contributed by atoms with Gasteiger partial charge in [0.2, 0.25) is 0 Å². The minimum absolute atomic E-state index is 0.133. The molecule has 0 fully saturated rings. The molecule has 0 N–H and O–H groups in total. The maximum absolute atomic E-state index is 12.7. The second kappa shape index (κ2) is 5.76. The average Bonchev–Trinajstić information content (AvgIpc) is 2.51. The molecule has 0 saturated carbocycles. The highest BCUT2D eigenvalue weighted by molar-refractivity contribution is 6.30. The molecule has 2 aromatic rings. The summed E-state index contributed by atoms with van der Waals surface area (Å²) in [6.45, 7) is 3.47. The zero-order valence-electron chi connectivity index (χ0n) is 13.0. The summed E-state index contributed by atoms with van der Waals surface area (Å²) in [7, 11) is 0. The second-order valence-corrected chi connectivity index (χ2v) is 6.32. The van der Waals surface area contributed by atoms with Gasteiger partial charge in [0.15, 0.2) is 11.4 Å². The van der Waals surface area contributed by atoms with Crippen LogP contribution in [0.25, 0.3) is 0 Å². The Balaban J connectivity index is 2.07. The van der Waals surface area contributed by atoms with Gasteiger partial charge in [-0.3, -0.25) is 9.69 Å². The second-order valence-electron chi connectivity index (χ2n) is 5.88. The third kappa shape index (κ3) is 2.90. The van der Waals surface area contributed by atoms with E-state index in [0.29, 0.717) is 10.8 Å². The standard InChI is InChI=1S/C16H14ClN3O4/c1-16(2)15(21)19(9-10-4-3-5-11(17)8-10)14-12(24-16)6-7-13(18-14)20(22)23/h3-8H,9H2,1-2H3. The molecule has 0 unspecified atom stereocenters. The number of fused-ring (bicyclic) bond motifs is 1. The minimum atomic E-state index is -1.09. The topological polar surface area (TPSA) is 85.6 Å². The number of carbonyl (C=O) groups excluding carboxylic acids is 1. The molecule has 0 radical (unpaired) electrons. The van der Waals surface area contributed by atoms with E-state index in [4.69, 9.17) is 16.3 Å². The Morgan fingerprint density at radius 1 is 1.33 bits per heavy atom. The minimum Gasteiger partial charge on any atom is -0.472 e. The number of rotatable bonds is 3. The van der Waals surface area contributed by atoms with Crippen LogP contribution < -0.4 is 9.64 Å². The SMILES string of the molecule is CC1(C)Oc2ccc([N+](=O)[O-])nc2N(Cc2cccc(Cl)c2)C1=O. The molecule has 124 valence electrons. The van der Waals surface area contributed by atoms with E-state index in [1.165, 1.54) is 17.0 Å². The van der Waals surface area contributed by atoms with E-state index in [1.54, 1.807) is 32.0 Å². The third-order valence-electron chi connectivity index (χ3n) is 3.62. The third-order valence-corrected chi connectivity index (χ3v) is 3.86. The van der Waals surface area contributed by atoms with Crippen molar-refractivity contribution < 1.29 is 14.5 Å². The fourth-order valence-corrected chi connectivity index (χ4v) is 2.72. The number of nitrogens with zero attached hydrogens (tertiary/aromatic N) is 3. The first-order valence-electron chi connectivity index (χ1n) is 7.19. The van der Waals surface area contributed by atoms with E-state index in [-0.39, 0.29) is 24.1 Å². The smallest absolute Gasteiger partial charge is 0.366 e. The van der Waals surface area contributed by atoms with Gasteiger partial charge in [-0.15, -0.1) is 0 Å². The highest BCUT2D eigenvalue weighted by atomic mass is 35.5. The molecule has 0 atom stereocenters. The van der Waals surface area contributed by atoms with Crippen LogP contribution in [0.4, 0.5) is 11.6 Å². The Hall–Kier alpha value is -2.67. The molecular formula is C16H14ClN3O4. The molecule has 7 nitrogen and oxygen atoms in total. The molecule has 1 aromatic heterocycles. The molecule has 24 heavy (non-hydrogen) atoms. The van der Waals surface area contributed by atoms with E-state index >= 15 is 0 Å². The fraction of sp³-hybridized carbons (Fsp3) is 0.250. The van der Waals surface area contributed by atoms with Crippen LogP contribution in [0.1, 0.15) is 19.4 Å². The van der Waals surface area contributed by atoms with Crippen molar-refractivity contribution in [1.82, 2.24) is 4.98 Å². The Morgan fingerprint density at radius 3 is 2.75 bits per heavy atom. The quantitative estimate of drug-likeness (QED) is 0.627. The first-order valence-corrected chi connectivity index (χ1v) is 7.56. The van der Waals surface area contributed by atoms with Gasteiger partial charge >= 0.3 is 5.82 Å². The van der Waals surface area contributed by atoms with E-state index in [2.05, 4.69) is 4.98 Å². The van der Waals surface area contributed by atoms with Crippen molar-refractivity contribution in [3.63, 3.8) is 0 Å². The van der Waals surface area contributed by atoms with Crippen LogP contribution >= 0.6 is 11.6 Å². The summed E-state index contributed by atoms with van der Waals surface area (Å²) in [5, 5.41) is 11.5. The van der Waals surface area contributed by atoms with Gasteiger partial charge in [0.05, 0.1) is 6.54 Å². The van der Waals surface area contributed by atoms with Crippen LogP contribution in [0, 0.1) is 10.1 Å². The number of hydrogen-bond acceptors (Lipinski definition) is 5. The summed E-state index contributed by atoms with van der Waals surface area (Å²) in [4.78, 5) is 28.5. The van der Waals surface area contributed by atoms with Crippen molar-refractivity contribution >= 4 is 29.1 Å². The summed E-state index contributed by atoms with van der Waals surface area (Å²) >= 11 is 5.99. The molecule has 1 aromatic carbocycles. The van der Waals surface area contributed by atoms with Crippen molar-refractivity contribution in [2.75, 3.05) is 4.90 Å². The zero-order valence-corrected chi connectivity index (χ0v) is 13.8. The highest BCUT2D eigenvalue weighted by Gasteiger charge is 2.44. The molecule has 1 aliphatic rings. The molecule has 3 rings (SSSR count). The van der Waals surface area contributed by atoms with Gasteiger partial charge in [-0.1, -0.05) is 23.7 Å². The predicted octanol–water partition coefficient (Wildman–Crippen LogP) is 3.35. The van der Waals surface area contributed by atoms with Crippen molar-refractivity contribution in [1.29, 1.82) is 0 Å². The molecule has 0 bridgehead atoms. The lowest BCUT2D eigenvalue weighted by atomic mass is 10.0. The Kier molecular flexibility index (Phi) is 3.88. The lowest BCUT2D eigenvalue weighted by molar-refractivity contribution is -0.389. The van der Waals surface area contributed by atoms with Crippen LogP contribution in [-0.4, -0.2) is 21.4 Å². The van der Waals surface area contributed by atoms with Crippen molar-refractivity contribution in [3.05, 3.63) is 57.1 Å². The number of amides is 1. The summed E-state index contributed by atoms with van der Waals surface area (Å²) in [6, 6.07) is 9.76. The summed E-state index contributed by atoms with van der Waals surface area (Å²) in [5.74, 6) is -0.218. The van der Waals surface area contributed by atoms with Crippen LogP contribution in [0.3, 0.4) is 0 Å². The zero-order chi connectivity index (χ0) is 17.5. The number of benzene rings is 1. The van der Waals surface area contributed by atoms with Crippen LogP contribution in [-0.2, 0) is 11.3 Å². The van der Waals surface area contributed by atoms with Crippen LogP contribution in [0.15, 0.2) is 36.4 Å². The first kappa shape index (κ1) is 16.2. The van der Waals surface area contributed by atoms with Crippen molar-refractivity contribution in [2.24, 2.45) is 0 Å². The molecule has 0 aliphatic carbocycles. The van der Waals surface area contributed by atoms with Crippen molar-refractivity contribution in [3.8, 4) is 5.75 Å². The van der Waals surface area contributed by atoms with Gasteiger partial charge in [-0.2, -0.15) is 0 Å². The molecule has 2 heterocycles. The van der Waals surface area contributed by atoms with Gasteiger partial charge < -0.3 is 14.9 Å². The van der Waals surface area contributed by atoms with Gasteiger partial charge in [0.25, 0.3) is 11.7 Å². The molecule has 0 spiro atoms. The normalized spacial score (nSPS) is 15.6. The highest BCUT2D eigenvalue weighted by Crippen LogP contribution is 2.38. The van der Waals surface area contributed by atoms with Gasteiger partial charge in [0, 0.05) is 11.1 Å². The van der Waals surface area contributed by atoms with E-state index in [0.717, 1.165) is 5.56 Å². The van der Waals surface area contributed by atoms with Crippen LogP contribution in [0.5, 0.6) is 5.75 Å². The maximum atomic E-state index is 12.7. The van der Waals surface area contributed by atoms with Gasteiger partial charge in [-0.25, -0.2) is 0 Å². The van der Waals surface area contributed by atoms with E-state index < -0.39 is 10.5 Å². The maximum Gasteiger partial charge on any atom is 0.366 e. The summed E-state index contributed by atoms with van der Waals surface area (Å²) in [6.07, 6.45) is 0. The number of halogens is 1. The van der Waals surface area contributed by atoms with Gasteiger partial charge in [-0.05, 0) is 47.5 Å². The molecule has 1 aliphatic heterocycles. The van der Waals surface area contributed by atoms with Crippen molar-refractivity contribution in [2.45, 2.75) is 26.0 Å². The Bertz CT molecular complexity index is 838. The number of hydrogen-bond donors (Lipinski definition) is 0. The summed E-state index contributed by atoms with van der Waals surface area (Å²) in [5.41, 5.74) is -0.309. The number of anilines is 1. The molecule has 0 saturated heterocycles.